The van der Waals surface area contributed by atoms with Crippen molar-refractivity contribution < 1.29 is 19.7 Å². The van der Waals surface area contributed by atoms with Crippen LogP contribution in [-0.4, -0.2) is 95.6 Å². The van der Waals surface area contributed by atoms with Crippen molar-refractivity contribution in [1.29, 1.82) is 0 Å². The van der Waals surface area contributed by atoms with E-state index >= 15 is 0 Å². The summed E-state index contributed by atoms with van der Waals surface area (Å²) in [5.74, 6) is -0.208. The molecule has 0 aliphatic carbocycles. The largest absolute Gasteiger partial charge is 2.00 e. The van der Waals surface area contributed by atoms with Crippen LogP contribution >= 0.6 is 0 Å². The number of carbonyl (C=O) groups excluding carboxylic acids is 1. The SMILES string of the molecule is CC(C)(C)C(=O)/C=C(\[O-])C(C)(C)C.CN(C)CCCOCC(C)(C)[O-].[Sr+2]. The first-order valence-electron chi connectivity index (χ1n) is 8.83. The first kappa shape index (κ1) is 31.3. The second-order valence-corrected chi connectivity index (χ2v) is 9.34. The molecule has 0 N–H and O–H groups in total. The summed E-state index contributed by atoms with van der Waals surface area (Å²) in [6.45, 7) is 16.1. The van der Waals surface area contributed by atoms with E-state index in [4.69, 9.17) is 4.74 Å². The molecular formula is C20H39NO4Sr. The molecule has 0 unspecified atom stereocenters. The molecule has 0 saturated heterocycles. The molecule has 0 aromatic carbocycles. The third kappa shape index (κ3) is 20.9. The molecule has 0 radical (unpaired) electrons. The smallest absolute Gasteiger partial charge is 0.875 e. The van der Waals surface area contributed by atoms with Gasteiger partial charge in [-0.25, -0.2) is 0 Å². The van der Waals surface area contributed by atoms with Gasteiger partial charge in [-0.15, -0.1) is 5.76 Å². The zero-order valence-corrected chi connectivity index (χ0v) is 22.2. The van der Waals surface area contributed by atoms with Crippen molar-refractivity contribution in [2.75, 3.05) is 33.9 Å². The van der Waals surface area contributed by atoms with Crippen LogP contribution in [-0.2, 0) is 9.53 Å². The van der Waals surface area contributed by atoms with Gasteiger partial charge in [0.1, 0.15) is 0 Å². The normalized spacial score (nSPS) is 13.0. The van der Waals surface area contributed by atoms with E-state index in [1.54, 1.807) is 13.8 Å². The van der Waals surface area contributed by atoms with E-state index < -0.39 is 16.4 Å². The molecule has 0 aliphatic rings. The monoisotopic (exact) mass is 445 g/mol. The van der Waals surface area contributed by atoms with Gasteiger partial charge in [0.2, 0.25) is 0 Å². The van der Waals surface area contributed by atoms with Crippen LogP contribution in [0.2, 0.25) is 0 Å². The summed E-state index contributed by atoms with van der Waals surface area (Å²) in [7, 11) is 4.05. The van der Waals surface area contributed by atoms with Crippen LogP contribution in [0, 0.1) is 10.8 Å². The fourth-order valence-corrected chi connectivity index (χ4v) is 1.35. The van der Waals surface area contributed by atoms with Crippen molar-refractivity contribution in [3.8, 4) is 0 Å². The Morgan fingerprint density at radius 3 is 1.77 bits per heavy atom. The van der Waals surface area contributed by atoms with E-state index in [-0.39, 0.29) is 57.0 Å². The van der Waals surface area contributed by atoms with E-state index in [9.17, 15) is 15.0 Å². The Morgan fingerprint density at radius 1 is 1.00 bits per heavy atom. The molecule has 0 rings (SSSR count). The van der Waals surface area contributed by atoms with Crippen LogP contribution in [0.3, 0.4) is 0 Å². The zero-order chi connectivity index (χ0) is 20.5. The zero-order valence-electron chi connectivity index (χ0n) is 18.7. The van der Waals surface area contributed by atoms with Crippen LogP contribution in [0.4, 0.5) is 0 Å². The molecule has 150 valence electrons. The summed E-state index contributed by atoms with van der Waals surface area (Å²) in [6.07, 6.45) is 2.21. The Morgan fingerprint density at radius 2 is 1.46 bits per heavy atom. The Bertz CT molecular complexity index is 413. The fraction of sp³-hybridized carbons (Fsp3) is 0.850. The summed E-state index contributed by atoms with van der Waals surface area (Å²) in [4.78, 5) is 13.5. The van der Waals surface area contributed by atoms with Crippen molar-refractivity contribution in [3.05, 3.63) is 11.8 Å². The second kappa shape index (κ2) is 13.7. The third-order valence-electron chi connectivity index (χ3n) is 3.08. The van der Waals surface area contributed by atoms with Gasteiger partial charge in [0, 0.05) is 18.6 Å². The third-order valence-corrected chi connectivity index (χ3v) is 3.08. The molecule has 0 aromatic rings. The molecule has 0 spiro atoms. The van der Waals surface area contributed by atoms with Crippen LogP contribution < -0.4 is 10.2 Å². The predicted octanol–water partition coefficient (Wildman–Crippen LogP) is 1.60. The second-order valence-electron chi connectivity index (χ2n) is 9.34. The van der Waals surface area contributed by atoms with Gasteiger partial charge in [-0.2, -0.15) is 0 Å². The van der Waals surface area contributed by atoms with E-state index in [1.165, 1.54) is 6.08 Å². The Hall–Kier alpha value is 0.571. The van der Waals surface area contributed by atoms with Crippen molar-refractivity contribution >= 4 is 51.3 Å². The fourth-order valence-electron chi connectivity index (χ4n) is 1.35. The van der Waals surface area contributed by atoms with Crippen molar-refractivity contribution in [2.24, 2.45) is 10.8 Å². The summed E-state index contributed by atoms with van der Waals surface area (Å²) in [6, 6.07) is 0. The number of rotatable bonds is 7. The van der Waals surface area contributed by atoms with Crippen molar-refractivity contribution in [1.82, 2.24) is 4.90 Å². The molecule has 0 heterocycles. The van der Waals surface area contributed by atoms with E-state index in [0.717, 1.165) is 13.0 Å². The molecule has 0 amide bonds. The molecule has 0 aliphatic heterocycles. The Labute approximate surface area is 198 Å². The molecule has 0 aromatic heterocycles. The Balaban J connectivity index is -0.000000393. The molecule has 0 atom stereocenters. The number of carbonyl (C=O) groups is 1. The number of ether oxygens (including phenoxy) is 1. The standard InChI is InChI=1S/C11H20O2.C9H20NO2.Sr/c1-10(2,3)8(12)7-9(13)11(4,5)6;1-9(2,11)8-12-7-5-6-10(3)4;/h7,12H,1-6H3;5-8H2,1-4H3;/q;-1;+2/p-1/b8-7-;;. The maximum Gasteiger partial charge on any atom is 2.00 e. The summed E-state index contributed by atoms with van der Waals surface area (Å²) in [5, 5.41) is 22.5. The molecule has 26 heavy (non-hydrogen) atoms. The number of ketones is 1. The summed E-state index contributed by atoms with van der Waals surface area (Å²) < 4.78 is 5.21. The van der Waals surface area contributed by atoms with Gasteiger partial charge in [0.05, 0.1) is 0 Å². The maximum absolute atomic E-state index is 11.4. The van der Waals surface area contributed by atoms with Gasteiger partial charge in [-0.05, 0) is 38.6 Å². The average Bonchev–Trinajstić information content (AvgIpc) is 2.34. The first-order valence-corrected chi connectivity index (χ1v) is 8.83. The van der Waals surface area contributed by atoms with Crippen LogP contribution in [0.25, 0.3) is 0 Å². The van der Waals surface area contributed by atoms with Gasteiger partial charge in [0.15, 0.2) is 5.78 Å². The van der Waals surface area contributed by atoms with Crippen molar-refractivity contribution in [3.63, 3.8) is 0 Å². The molecule has 0 saturated carbocycles. The maximum atomic E-state index is 11.4. The summed E-state index contributed by atoms with van der Waals surface area (Å²) >= 11 is 0. The topological polar surface area (TPSA) is 75.7 Å². The molecule has 6 heteroatoms. The average molecular weight is 445 g/mol. The minimum Gasteiger partial charge on any atom is -0.875 e. The van der Waals surface area contributed by atoms with E-state index in [1.807, 2.05) is 55.6 Å². The molecule has 0 bridgehead atoms. The van der Waals surface area contributed by atoms with Crippen LogP contribution in [0.1, 0.15) is 61.8 Å². The van der Waals surface area contributed by atoms with Gasteiger partial charge in [-0.3, -0.25) is 4.79 Å². The minimum atomic E-state index is -0.946. The van der Waals surface area contributed by atoms with Crippen LogP contribution in [0.5, 0.6) is 0 Å². The number of allylic oxidation sites excluding steroid dienone is 2. The Kier molecular flexibility index (Phi) is 16.5. The quantitative estimate of drug-likeness (QED) is 0.258. The van der Waals surface area contributed by atoms with Crippen LogP contribution in [0.15, 0.2) is 11.8 Å². The van der Waals surface area contributed by atoms with Gasteiger partial charge in [-0.1, -0.05) is 61.0 Å². The van der Waals surface area contributed by atoms with Crippen molar-refractivity contribution in [2.45, 2.75) is 67.4 Å². The van der Waals surface area contributed by atoms with Gasteiger partial charge >= 0.3 is 45.5 Å². The van der Waals surface area contributed by atoms with E-state index in [0.29, 0.717) is 13.2 Å². The minimum absolute atomic E-state index is 0. The number of hydrogen-bond acceptors (Lipinski definition) is 5. The number of hydrogen-bond donors (Lipinski definition) is 0. The predicted molar refractivity (Wildman–Crippen MR) is 106 cm³/mol. The number of nitrogens with zero attached hydrogens (tertiary/aromatic N) is 1. The molecular weight excluding hydrogens is 406 g/mol. The molecule has 0 fully saturated rings. The molecule has 5 nitrogen and oxygen atoms in total. The summed E-state index contributed by atoms with van der Waals surface area (Å²) in [5.41, 5.74) is -1.86. The van der Waals surface area contributed by atoms with E-state index in [2.05, 4.69) is 4.90 Å². The van der Waals surface area contributed by atoms with Gasteiger partial charge < -0.3 is 19.8 Å². The van der Waals surface area contributed by atoms with Gasteiger partial charge in [0.25, 0.3) is 0 Å². The first-order chi connectivity index (χ1) is 11.0.